The Morgan fingerprint density at radius 3 is 2.39 bits per heavy atom. The van der Waals surface area contributed by atoms with Gasteiger partial charge in [-0.05, 0) is 31.4 Å². The lowest BCUT2D eigenvalue weighted by Gasteiger charge is -2.34. The summed E-state index contributed by atoms with van der Waals surface area (Å²) in [7, 11) is 0. The normalized spacial score (nSPS) is 14.1. The van der Waals surface area contributed by atoms with E-state index in [2.05, 4.69) is 27.4 Å². The number of benzene rings is 1. The third-order valence-corrected chi connectivity index (χ3v) is 4.85. The number of carbonyl (C=O) groups excluding carboxylic acids is 2. The summed E-state index contributed by atoms with van der Waals surface area (Å²) in [5.41, 5.74) is 2.45. The molecule has 2 aromatic rings. The molecule has 28 heavy (non-hydrogen) atoms. The van der Waals surface area contributed by atoms with Crippen molar-refractivity contribution in [2.24, 2.45) is 0 Å². The van der Waals surface area contributed by atoms with Gasteiger partial charge in [-0.1, -0.05) is 30.3 Å². The molecule has 1 aliphatic rings. The zero-order chi connectivity index (χ0) is 19.9. The SMILES string of the molecule is CC(=O)N1CCN(C(=O)c2cc(C)nc(NCCCc3ccccc3)n2)CC1. The average molecular weight is 381 g/mol. The lowest BCUT2D eigenvalue weighted by molar-refractivity contribution is -0.130. The summed E-state index contributed by atoms with van der Waals surface area (Å²) in [5.74, 6) is 0.423. The maximum atomic E-state index is 12.8. The summed E-state index contributed by atoms with van der Waals surface area (Å²) in [6.45, 7) is 6.35. The van der Waals surface area contributed by atoms with E-state index in [1.165, 1.54) is 5.56 Å². The van der Waals surface area contributed by atoms with Gasteiger partial charge in [0, 0.05) is 45.3 Å². The van der Waals surface area contributed by atoms with E-state index < -0.39 is 0 Å². The number of anilines is 1. The Hall–Kier alpha value is -2.96. The number of nitrogens with zero attached hydrogens (tertiary/aromatic N) is 4. The van der Waals surface area contributed by atoms with Crippen molar-refractivity contribution in [3.63, 3.8) is 0 Å². The lowest BCUT2D eigenvalue weighted by Crippen LogP contribution is -2.50. The van der Waals surface area contributed by atoms with Crippen LogP contribution in [0.15, 0.2) is 36.4 Å². The molecule has 148 valence electrons. The first kappa shape index (κ1) is 19.8. The molecule has 0 aliphatic carbocycles. The van der Waals surface area contributed by atoms with Crippen LogP contribution in [0.1, 0.15) is 35.1 Å². The molecular weight excluding hydrogens is 354 g/mol. The molecule has 2 heterocycles. The molecule has 1 saturated heterocycles. The van der Waals surface area contributed by atoms with Crippen LogP contribution < -0.4 is 5.32 Å². The van der Waals surface area contributed by atoms with E-state index in [4.69, 9.17) is 0 Å². The molecule has 0 unspecified atom stereocenters. The largest absolute Gasteiger partial charge is 0.354 e. The molecule has 0 saturated carbocycles. The molecule has 3 rings (SSSR count). The molecule has 1 aromatic carbocycles. The molecule has 0 spiro atoms. The Morgan fingerprint density at radius 1 is 1.04 bits per heavy atom. The highest BCUT2D eigenvalue weighted by atomic mass is 16.2. The van der Waals surface area contributed by atoms with Gasteiger partial charge in [-0.15, -0.1) is 0 Å². The maximum absolute atomic E-state index is 12.8. The number of hydrogen-bond donors (Lipinski definition) is 1. The van der Waals surface area contributed by atoms with Gasteiger partial charge in [-0.25, -0.2) is 9.97 Å². The van der Waals surface area contributed by atoms with Crippen LogP contribution in [0.3, 0.4) is 0 Å². The minimum absolute atomic E-state index is 0.0481. The summed E-state index contributed by atoms with van der Waals surface area (Å²) < 4.78 is 0. The van der Waals surface area contributed by atoms with Crippen LogP contribution in [0.2, 0.25) is 0 Å². The van der Waals surface area contributed by atoms with Crippen molar-refractivity contribution in [1.82, 2.24) is 19.8 Å². The fraction of sp³-hybridized carbons (Fsp3) is 0.429. The van der Waals surface area contributed by atoms with Crippen molar-refractivity contribution >= 4 is 17.8 Å². The summed E-state index contributed by atoms with van der Waals surface area (Å²) in [5, 5.41) is 3.23. The van der Waals surface area contributed by atoms with E-state index in [9.17, 15) is 9.59 Å². The second-order valence-corrected chi connectivity index (χ2v) is 7.03. The Balaban J connectivity index is 1.55. The van der Waals surface area contributed by atoms with Crippen molar-refractivity contribution < 1.29 is 9.59 Å². The average Bonchev–Trinajstić information content (AvgIpc) is 2.71. The zero-order valence-electron chi connectivity index (χ0n) is 16.5. The Labute approximate surface area is 165 Å². The van der Waals surface area contributed by atoms with Crippen LogP contribution in [0, 0.1) is 6.92 Å². The van der Waals surface area contributed by atoms with Gasteiger partial charge in [0.05, 0.1) is 0 Å². The Bertz CT molecular complexity index is 817. The molecule has 7 heteroatoms. The monoisotopic (exact) mass is 381 g/mol. The van der Waals surface area contributed by atoms with Crippen LogP contribution >= 0.6 is 0 Å². The van der Waals surface area contributed by atoms with Gasteiger partial charge in [0.15, 0.2) is 0 Å². The predicted octanol–water partition coefficient (Wildman–Crippen LogP) is 2.13. The van der Waals surface area contributed by atoms with E-state index in [-0.39, 0.29) is 11.8 Å². The number of aryl methyl sites for hydroxylation is 2. The Kier molecular flexibility index (Phi) is 6.57. The van der Waals surface area contributed by atoms with Crippen molar-refractivity contribution in [1.29, 1.82) is 0 Å². The van der Waals surface area contributed by atoms with Gasteiger partial charge >= 0.3 is 0 Å². The molecule has 7 nitrogen and oxygen atoms in total. The third-order valence-electron chi connectivity index (χ3n) is 4.85. The van der Waals surface area contributed by atoms with E-state index >= 15 is 0 Å². The standard InChI is InChI=1S/C21H27N5O2/c1-16-15-19(20(28)26-13-11-25(12-14-26)17(2)27)24-21(23-16)22-10-6-9-18-7-4-3-5-8-18/h3-5,7-8,15H,6,9-14H2,1-2H3,(H,22,23,24). The molecule has 0 radical (unpaired) electrons. The number of rotatable bonds is 6. The molecule has 0 atom stereocenters. The van der Waals surface area contributed by atoms with Gasteiger partial charge in [-0.2, -0.15) is 0 Å². The quantitative estimate of drug-likeness (QED) is 0.776. The number of hydrogen-bond acceptors (Lipinski definition) is 5. The van der Waals surface area contributed by atoms with Crippen LogP contribution in [0.4, 0.5) is 5.95 Å². The highest BCUT2D eigenvalue weighted by molar-refractivity contribution is 5.93. The lowest BCUT2D eigenvalue weighted by atomic mass is 10.1. The predicted molar refractivity (Wildman–Crippen MR) is 108 cm³/mol. The fourth-order valence-corrected chi connectivity index (χ4v) is 3.28. The topological polar surface area (TPSA) is 78.4 Å². The van der Waals surface area contributed by atoms with Gasteiger partial charge in [0.25, 0.3) is 5.91 Å². The second-order valence-electron chi connectivity index (χ2n) is 7.03. The van der Waals surface area contributed by atoms with Gasteiger partial charge in [0.1, 0.15) is 5.69 Å². The number of nitrogens with one attached hydrogen (secondary N) is 1. The van der Waals surface area contributed by atoms with Crippen molar-refractivity contribution in [2.75, 3.05) is 38.0 Å². The molecule has 1 aliphatic heterocycles. The van der Waals surface area contributed by atoms with Crippen LogP contribution in [0.5, 0.6) is 0 Å². The van der Waals surface area contributed by atoms with Crippen molar-refractivity contribution in [3.05, 3.63) is 53.3 Å². The molecule has 1 N–H and O–H groups in total. The van der Waals surface area contributed by atoms with E-state index in [1.807, 2.05) is 25.1 Å². The van der Waals surface area contributed by atoms with Gasteiger partial charge in [0.2, 0.25) is 11.9 Å². The maximum Gasteiger partial charge on any atom is 0.272 e. The van der Waals surface area contributed by atoms with E-state index in [1.54, 1.807) is 22.8 Å². The van der Waals surface area contributed by atoms with Gasteiger partial charge < -0.3 is 15.1 Å². The van der Waals surface area contributed by atoms with Crippen LogP contribution in [-0.2, 0) is 11.2 Å². The highest BCUT2D eigenvalue weighted by Gasteiger charge is 2.24. The van der Waals surface area contributed by atoms with E-state index in [0.717, 1.165) is 25.1 Å². The first-order valence-corrected chi connectivity index (χ1v) is 9.71. The summed E-state index contributed by atoms with van der Waals surface area (Å²) in [6, 6.07) is 12.0. The smallest absolute Gasteiger partial charge is 0.272 e. The number of aromatic nitrogens is 2. The zero-order valence-corrected chi connectivity index (χ0v) is 16.5. The number of piperazine rings is 1. The van der Waals surface area contributed by atoms with Crippen LogP contribution in [0.25, 0.3) is 0 Å². The number of amides is 2. The minimum Gasteiger partial charge on any atom is -0.354 e. The van der Waals surface area contributed by atoms with Crippen molar-refractivity contribution in [2.45, 2.75) is 26.7 Å². The van der Waals surface area contributed by atoms with Gasteiger partial charge in [-0.3, -0.25) is 9.59 Å². The fourth-order valence-electron chi connectivity index (χ4n) is 3.28. The molecular formula is C21H27N5O2. The Morgan fingerprint density at radius 2 is 1.71 bits per heavy atom. The molecule has 2 amide bonds. The molecule has 0 bridgehead atoms. The van der Waals surface area contributed by atoms with Crippen molar-refractivity contribution in [3.8, 4) is 0 Å². The third kappa shape index (κ3) is 5.28. The molecule has 1 fully saturated rings. The first-order valence-electron chi connectivity index (χ1n) is 9.71. The summed E-state index contributed by atoms with van der Waals surface area (Å²) in [4.78, 5) is 36.6. The number of carbonyl (C=O) groups is 2. The first-order chi connectivity index (χ1) is 13.5. The van der Waals surface area contributed by atoms with Crippen LogP contribution in [-0.4, -0.2) is 64.3 Å². The summed E-state index contributed by atoms with van der Waals surface area (Å²) in [6.07, 6.45) is 1.93. The summed E-state index contributed by atoms with van der Waals surface area (Å²) >= 11 is 0. The highest BCUT2D eigenvalue weighted by Crippen LogP contribution is 2.11. The second kappa shape index (κ2) is 9.30. The minimum atomic E-state index is -0.110. The molecule has 1 aromatic heterocycles. The van der Waals surface area contributed by atoms with E-state index in [0.29, 0.717) is 37.8 Å².